The predicted molar refractivity (Wildman–Crippen MR) is 129 cm³/mol. The highest BCUT2D eigenvalue weighted by molar-refractivity contribution is 7.20. The summed E-state index contributed by atoms with van der Waals surface area (Å²) in [5.74, 6) is 0.571. The molecule has 2 saturated heterocycles. The van der Waals surface area contributed by atoms with E-state index in [1.54, 1.807) is 12.5 Å². The maximum Gasteiger partial charge on any atom is 0.293 e. The van der Waals surface area contributed by atoms with Crippen molar-refractivity contribution in [2.45, 2.75) is 50.4 Å². The van der Waals surface area contributed by atoms with E-state index >= 15 is 0 Å². The van der Waals surface area contributed by atoms with E-state index in [0.717, 1.165) is 46.9 Å². The number of aromatic nitrogens is 2. The van der Waals surface area contributed by atoms with Crippen molar-refractivity contribution < 1.29 is 23.5 Å². The largest absolute Gasteiger partial charge is 0.464 e. The first kappa shape index (κ1) is 22.0. The van der Waals surface area contributed by atoms with Gasteiger partial charge in [-0.05, 0) is 49.9 Å². The van der Waals surface area contributed by atoms with Crippen molar-refractivity contribution >= 4 is 45.0 Å². The summed E-state index contributed by atoms with van der Waals surface area (Å²) in [6.45, 7) is 0.844. The first-order valence-electron chi connectivity index (χ1n) is 11.7. The van der Waals surface area contributed by atoms with Crippen LogP contribution in [0.25, 0.3) is 21.3 Å². The quantitative estimate of drug-likeness (QED) is 0.368. The third kappa shape index (κ3) is 4.35. The van der Waals surface area contributed by atoms with E-state index in [1.165, 1.54) is 11.3 Å². The van der Waals surface area contributed by atoms with Crippen LogP contribution in [-0.2, 0) is 20.9 Å². The first-order valence-corrected chi connectivity index (χ1v) is 12.5. The van der Waals surface area contributed by atoms with Crippen molar-refractivity contribution in [1.82, 2.24) is 20.2 Å². The summed E-state index contributed by atoms with van der Waals surface area (Å²) in [7, 11) is 0. The van der Waals surface area contributed by atoms with Crippen LogP contribution in [0, 0.1) is 0 Å². The summed E-state index contributed by atoms with van der Waals surface area (Å²) >= 11 is 1.45. The zero-order valence-corrected chi connectivity index (χ0v) is 19.7. The van der Waals surface area contributed by atoms with Crippen molar-refractivity contribution in [3.05, 3.63) is 48.4 Å². The summed E-state index contributed by atoms with van der Waals surface area (Å²) in [6, 6.07) is 10.4. The van der Waals surface area contributed by atoms with Crippen molar-refractivity contribution in [2.75, 3.05) is 6.61 Å². The SMILES string of the molecule is O=COCC(=O)N1C2CCC1CC(NCc1coc3cc(Oc4nc5ncccc5s4)ccc13)C2. The van der Waals surface area contributed by atoms with Crippen LogP contribution in [0.1, 0.15) is 31.2 Å². The topological polar surface area (TPSA) is 107 Å². The molecule has 0 radical (unpaired) electrons. The highest BCUT2D eigenvalue weighted by atomic mass is 32.1. The number of carbonyl (C=O) groups excluding carboxylic acids is 2. The minimum atomic E-state index is -0.169. The molecule has 6 rings (SSSR count). The van der Waals surface area contributed by atoms with Crippen molar-refractivity contribution in [3.8, 4) is 10.9 Å². The van der Waals surface area contributed by atoms with Gasteiger partial charge in [-0.1, -0.05) is 11.3 Å². The van der Waals surface area contributed by atoms with E-state index in [1.807, 2.05) is 35.2 Å². The summed E-state index contributed by atoms with van der Waals surface area (Å²) < 4.78 is 17.4. The zero-order valence-electron chi connectivity index (χ0n) is 18.9. The van der Waals surface area contributed by atoms with Crippen LogP contribution in [0.2, 0.25) is 0 Å². The molecule has 2 aliphatic heterocycles. The van der Waals surface area contributed by atoms with Gasteiger partial charge in [0.25, 0.3) is 17.6 Å². The lowest BCUT2D eigenvalue weighted by molar-refractivity contribution is -0.146. The molecule has 2 unspecified atom stereocenters. The molecule has 0 spiro atoms. The zero-order chi connectivity index (χ0) is 23.8. The van der Waals surface area contributed by atoms with E-state index in [2.05, 4.69) is 20.0 Å². The predicted octanol–water partition coefficient (Wildman–Crippen LogP) is 4.01. The molecule has 4 aromatic rings. The van der Waals surface area contributed by atoms with Crippen LogP contribution in [0.4, 0.5) is 0 Å². The molecule has 2 aliphatic rings. The number of carbonyl (C=O) groups is 2. The van der Waals surface area contributed by atoms with E-state index in [9.17, 15) is 9.59 Å². The van der Waals surface area contributed by atoms with E-state index in [0.29, 0.717) is 35.6 Å². The van der Waals surface area contributed by atoms with Crippen LogP contribution in [-0.4, -0.2) is 52.0 Å². The van der Waals surface area contributed by atoms with Crippen molar-refractivity contribution in [2.24, 2.45) is 0 Å². The molecule has 10 heteroatoms. The number of rotatable bonds is 8. The molecule has 1 aromatic carbocycles. The van der Waals surface area contributed by atoms with E-state index in [4.69, 9.17) is 9.15 Å². The molecule has 1 N–H and O–H groups in total. The number of furan rings is 1. The molecule has 0 saturated carbocycles. The van der Waals surface area contributed by atoms with Crippen molar-refractivity contribution in [1.29, 1.82) is 0 Å². The van der Waals surface area contributed by atoms with Gasteiger partial charge in [-0.15, -0.1) is 0 Å². The van der Waals surface area contributed by atoms with Crippen LogP contribution in [0.15, 0.2) is 47.2 Å². The third-order valence-electron chi connectivity index (χ3n) is 6.85. The Balaban J connectivity index is 1.09. The van der Waals surface area contributed by atoms with Gasteiger partial charge in [-0.2, -0.15) is 4.98 Å². The van der Waals surface area contributed by atoms with Gasteiger partial charge < -0.3 is 24.1 Å². The Morgan fingerprint density at radius 2 is 2.11 bits per heavy atom. The van der Waals surface area contributed by atoms with Gasteiger partial charge in [-0.25, -0.2) is 4.98 Å². The minimum absolute atomic E-state index is 0.0935. The number of hydrogen-bond donors (Lipinski definition) is 1. The molecule has 3 aromatic heterocycles. The van der Waals surface area contributed by atoms with Gasteiger partial charge in [-0.3, -0.25) is 9.59 Å². The number of ether oxygens (including phenoxy) is 2. The van der Waals surface area contributed by atoms with Gasteiger partial charge in [0, 0.05) is 47.9 Å². The number of nitrogens with zero attached hydrogens (tertiary/aromatic N) is 3. The van der Waals surface area contributed by atoms with Gasteiger partial charge >= 0.3 is 0 Å². The molecule has 2 bridgehead atoms. The second-order valence-electron chi connectivity index (χ2n) is 8.97. The molecule has 1 amide bonds. The number of nitrogens with one attached hydrogen (secondary N) is 1. The van der Waals surface area contributed by atoms with Gasteiger partial charge in [0.1, 0.15) is 11.3 Å². The molecule has 2 atom stereocenters. The lowest BCUT2D eigenvalue weighted by Gasteiger charge is -2.39. The highest BCUT2D eigenvalue weighted by Gasteiger charge is 2.43. The summed E-state index contributed by atoms with van der Waals surface area (Å²) in [6.07, 6.45) is 7.29. The normalized spacial score (nSPS) is 21.5. The first-order chi connectivity index (χ1) is 17.2. The summed E-state index contributed by atoms with van der Waals surface area (Å²) in [4.78, 5) is 33.4. The minimum Gasteiger partial charge on any atom is -0.464 e. The standard InChI is InChI=1S/C25H24N4O5S/c30-14-32-13-23(31)29-17-3-4-18(29)9-16(8-17)27-11-15-12-33-21-10-19(5-6-20(15)21)34-25-28-24-22(35-25)2-1-7-26-24/h1-2,5-7,10,12,14,16-18,27H,3-4,8-9,11,13H2. The number of amides is 1. The smallest absolute Gasteiger partial charge is 0.293 e. The number of piperidine rings is 1. The Bertz CT molecular complexity index is 1340. The molecule has 180 valence electrons. The fourth-order valence-corrected chi connectivity index (χ4v) is 6.14. The summed E-state index contributed by atoms with van der Waals surface area (Å²) in [5.41, 5.74) is 2.52. The van der Waals surface area contributed by atoms with Gasteiger partial charge in [0.05, 0.1) is 11.0 Å². The monoisotopic (exact) mass is 492 g/mol. The van der Waals surface area contributed by atoms with Crippen LogP contribution in [0.3, 0.4) is 0 Å². The molecule has 9 nitrogen and oxygen atoms in total. The number of pyridine rings is 1. The molecule has 2 fully saturated rings. The second kappa shape index (κ2) is 9.27. The van der Waals surface area contributed by atoms with Crippen LogP contribution in [0.5, 0.6) is 10.9 Å². The molecule has 5 heterocycles. The van der Waals surface area contributed by atoms with Crippen molar-refractivity contribution in [3.63, 3.8) is 0 Å². The average Bonchev–Trinajstić information content (AvgIpc) is 3.54. The molecule has 0 aliphatic carbocycles. The Labute approximate surface area is 205 Å². The lowest BCUT2D eigenvalue weighted by Crippen LogP contribution is -2.52. The number of hydrogen-bond acceptors (Lipinski definition) is 9. The molecular weight excluding hydrogens is 468 g/mol. The average molecular weight is 493 g/mol. The van der Waals surface area contributed by atoms with Gasteiger partial charge in [0.15, 0.2) is 12.3 Å². The second-order valence-corrected chi connectivity index (χ2v) is 9.96. The number of thiazole rings is 1. The van der Waals surface area contributed by atoms with Crippen LogP contribution >= 0.6 is 11.3 Å². The Hall–Kier alpha value is -3.50. The Kier molecular flexibility index (Phi) is 5.83. The third-order valence-corrected chi connectivity index (χ3v) is 7.74. The fraction of sp³-hybridized carbons (Fsp3) is 0.360. The summed E-state index contributed by atoms with van der Waals surface area (Å²) in [5, 5.41) is 5.24. The number of benzene rings is 1. The van der Waals surface area contributed by atoms with E-state index in [-0.39, 0.29) is 24.6 Å². The Morgan fingerprint density at radius 3 is 2.91 bits per heavy atom. The highest BCUT2D eigenvalue weighted by Crippen LogP contribution is 2.36. The maximum atomic E-state index is 12.4. The molecule has 35 heavy (non-hydrogen) atoms. The maximum absolute atomic E-state index is 12.4. The molecular formula is C25H24N4O5S. The number of fused-ring (bicyclic) bond motifs is 4. The van der Waals surface area contributed by atoms with E-state index < -0.39 is 0 Å². The van der Waals surface area contributed by atoms with Crippen LogP contribution < -0.4 is 10.1 Å². The lowest BCUT2D eigenvalue weighted by atomic mass is 9.97. The fourth-order valence-electron chi connectivity index (χ4n) is 5.34. The Morgan fingerprint density at radius 1 is 1.26 bits per heavy atom. The van der Waals surface area contributed by atoms with Gasteiger partial charge in [0.2, 0.25) is 0 Å².